The molecular formula is C23HF47O5. The van der Waals surface area contributed by atoms with Crippen LogP contribution < -0.4 is 0 Å². The molecule has 3 unspecified atom stereocenters. The van der Waals surface area contributed by atoms with Crippen LogP contribution in [-0.4, -0.2) is 143 Å². The maximum absolute atomic E-state index is 15.2. The van der Waals surface area contributed by atoms with Gasteiger partial charge in [-0.05, 0) is 0 Å². The Kier molecular flexibility index (Phi) is 16.9. The van der Waals surface area contributed by atoms with Crippen LogP contribution >= 0.6 is 0 Å². The predicted molar refractivity (Wildman–Crippen MR) is 121 cm³/mol. The summed E-state index contributed by atoms with van der Waals surface area (Å²) in [6.45, 7) is 0. The lowest BCUT2D eigenvalue weighted by Crippen LogP contribution is -2.85. The summed E-state index contributed by atoms with van der Waals surface area (Å²) in [7, 11) is 0. The van der Waals surface area contributed by atoms with Gasteiger partial charge in [0.25, 0.3) is 5.60 Å². The molecule has 0 amide bonds. The second-order valence-electron chi connectivity index (χ2n) is 13.1. The van der Waals surface area contributed by atoms with E-state index in [9.17, 15) is 185 Å². The van der Waals surface area contributed by atoms with Crippen LogP contribution in [0, 0.1) is 0 Å². The topological polar surface area (TPSA) is 57.2 Å². The minimum atomic E-state index is -11.6. The molecule has 0 aromatic rings. The van der Waals surface area contributed by atoms with E-state index in [4.69, 9.17) is 0 Å². The molecule has 0 rings (SSSR count). The van der Waals surface area contributed by atoms with Gasteiger partial charge < -0.3 is 5.11 Å². The summed E-state index contributed by atoms with van der Waals surface area (Å²) in [5.74, 6) is -126. The maximum Gasteiger partial charge on any atom is 0.527 e. The van der Waals surface area contributed by atoms with Crippen LogP contribution in [0.2, 0.25) is 0 Å². The molecular weight excluding hydrogens is 1250 g/mol. The molecule has 0 aliphatic carbocycles. The average molecular weight is 1250 g/mol. The van der Waals surface area contributed by atoms with E-state index in [0.29, 0.717) is 9.47 Å². The lowest BCUT2D eigenvalue weighted by Gasteiger charge is -2.52. The van der Waals surface area contributed by atoms with Crippen LogP contribution in [0.5, 0.6) is 0 Å². The van der Waals surface area contributed by atoms with Crippen molar-refractivity contribution < 1.29 is 230 Å². The van der Waals surface area contributed by atoms with Gasteiger partial charge in [0, 0.05) is 0 Å². The molecule has 0 aliphatic heterocycles. The highest BCUT2D eigenvalue weighted by molar-refractivity contribution is 5.25. The Balaban J connectivity index is 9.49. The zero-order valence-corrected chi connectivity index (χ0v) is 31.3. The third kappa shape index (κ3) is 9.94. The highest BCUT2D eigenvalue weighted by atomic mass is 19.5. The normalized spacial score (nSPS) is 19.2. The molecule has 0 saturated carbocycles. The van der Waals surface area contributed by atoms with Crippen LogP contribution in [0.15, 0.2) is 0 Å². The Bertz CT molecular complexity index is 2000. The number of ether oxygens (including phenoxy) is 4. The fourth-order valence-corrected chi connectivity index (χ4v) is 4.18. The summed E-state index contributed by atoms with van der Waals surface area (Å²) in [6.07, 6.45) is -93.4. The first kappa shape index (κ1) is 71.5. The van der Waals surface area contributed by atoms with Gasteiger partial charge in [0.05, 0.1) is 0 Å². The van der Waals surface area contributed by atoms with Crippen molar-refractivity contribution in [3.05, 3.63) is 0 Å². The van der Waals surface area contributed by atoms with Crippen LogP contribution in [0.25, 0.3) is 0 Å². The molecule has 0 aliphatic rings. The van der Waals surface area contributed by atoms with Gasteiger partial charge in [0.2, 0.25) is 0 Å². The second-order valence-corrected chi connectivity index (χ2v) is 13.1. The molecule has 1 N–H and O–H groups in total. The van der Waals surface area contributed by atoms with E-state index in [-0.39, 0.29) is 4.74 Å². The fourth-order valence-electron chi connectivity index (χ4n) is 4.18. The molecule has 0 aromatic heterocycles. The number of alkyl halides is 47. The fraction of sp³-hybridized carbons (Fsp3) is 1.00. The van der Waals surface area contributed by atoms with Gasteiger partial charge in [-0.15, -0.1) is 13.2 Å². The summed E-state index contributed by atoms with van der Waals surface area (Å²) >= 11 is 0. The summed E-state index contributed by atoms with van der Waals surface area (Å²) in [6, 6.07) is 0. The van der Waals surface area contributed by atoms with Crippen LogP contribution in [0.1, 0.15) is 0 Å². The number of aliphatic hydroxyl groups is 1. The standard InChI is InChI=1S/C23HF47O5/c24-2(25,5(30,31)6(32,33)7(34,35)8(36,37)9(38,39)10(40,41)14(45,46)47)1(71,3(26,27)19(60,61)72-11(42,15(48,49)50)16(51,52)53)4(28,29)20(62,63)73-12(43,17(54,55)56)21(64,65)74-13(44,18(57,58)59)22(66,67)75-23(68,69)70/h71H. The van der Waals surface area contributed by atoms with E-state index in [1.807, 2.05) is 0 Å². The van der Waals surface area contributed by atoms with Crippen molar-refractivity contribution in [2.45, 2.75) is 138 Å². The second kappa shape index (κ2) is 17.8. The molecule has 75 heavy (non-hydrogen) atoms. The van der Waals surface area contributed by atoms with Crippen molar-refractivity contribution in [2.75, 3.05) is 0 Å². The number of halogens is 47. The number of hydrogen-bond donors (Lipinski definition) is 1. The molecule has 0 aromatic carbocycles. The average Bonchev–Trinajstić information content (AvgIpc) is 3.09. The molecule has 0 saturated heterocycles. The van der Waals surface area contributed by atoms with E-state index < -0.39 is 138 Å². The zero-order valence-electron chi connectivity index (χ0n) is 31.3. The third-order valence-corrected chi connectivity index (χ3v) is 8.07. The van der Waals surface area contributed by atoms with E-state index in [1.54, 1.807) is 0 Å². The van der Waals surface area contributed by atoms with Crippen molar-refractivity contribution in [3.8, 4) is 0 Å². The van der Waals surface area contributed by atoms with E-state index in [1.165, 1.54) is 0 Å². The Morgan fingerprint density at radius 3 is 0.573 bits per heavy atom. The first-order valence-corrected chi connectivity index (χ1v) is 15.2. The molecule has 0 spiro atoms. The van der Waals surface area contributed by atoms with Crippen LogP contribution in [0.3, 0.4) is 0 Å². The third-order valence-electron chi connectivity index (χ3n) is 8.07. The Morgan fingerprint density at radius 2 is 0.360 bits per heavy atom. The molecule has 0 bridgehead atoms. The Morgan fingerprint density at radius 1 is 0.173 bits per heavy atom. The van der Waals surface area contributed by atoms with E-state index in [2.05, 4.69) is 0 Å². The monoisotopic (exact) mass is 1250 g/mol. The molecule has 52 heteroatoms. The summed E-state index contributed by atoms with van der Waals surface area (Å²) in [5.41, 5.74) is -11.5. The van der Waals surface area contributed by atoms with Gasteiger partial charge in [-0.25, -0.2) is 4.74 Å². The first-order valence-electron chi connectivity index (χ1n) is 15.2. The Labute approximate surface area is 370 Å². The van der Waals surface area contributed by atoms with Crippen molar-refractivity contribution in [1.29, 1.82) is 0 Å². The minimum Gasteiger partial charge on any atom is -0.373 e. The SMILES string of the molecule is OC(C(F)(F)C(F)(F)OC(F)(C(F)(F)F)C(F)(F)F)(C(F)(F)C(F)(F)OC(F)(C(F)(F)F)C(F)(F)OC(F)(C(F)(F)F)C(F)(F)OC(F)(F)F)C(F)(F)C(F)(F)C(F)(F)C(F)(F)C(F)(F)C(F)(F)C(F)(F)C(F)(F)F. The largest absolute Gasteiger partial charge is 0.527 e. The molecule has 5 nitrogen and oxygen atoms in total. The minimum absolute atomic E-state index is 0.256. The highest BCUT2D eigenvalue weighted by Crippen LogP contribution is 2.71. The highest BCUT2D eigenvalue weighted by Gasteiger charge is 3.03. The van der Waals surface area contributed by atoms with E-state index in [0.717, 1.165) is 4.74 Å². The number of hydrogen-bond acceptors (Lipinski definition) is 5. The molecule has 0 fully saturated rings. The zero-order chi connectivity index (χ0) is 62.3. The Hall–Kier alpha value is -3.49. The predicted octanol–water partition coefficient (Wildman–Crippen LogP) is 14.2. The van der Waals surface area contributed by atoms with Crippen LogP contribution in [0.4, 0.5) is 206 Å². The smallest absolute Gasteiger partial charge is 0.373 e. The lowest BCUT2D eigenvalue weighted by atomic mass is 9.74. The lowest BCUT2D eigenvalue weighted by molar-refractivity contribution is -0.588. The van der Waals surface area contributed by atoms with Gasteiger partial charge >= 0.3 is 133 Å². The summed E-state index contributed by atoms with van der Waals surface area (Å²) in [5, 5.41) is 9.17. The van der Waals surface area contributed by atoms with Gasteiger partial charge in [-0.2, -0.15) is 193 Å². The van der Waals surface area contributed by atoms with Gasteiger partial charge in [-0.3, -0.25) is 14.2 Å². The van der Waals surface area contributed by atoms with Crippen molar-refractivity contribution in [1.82, 2.24) is 0 Å². The van der Waals surface area contributed by atoms with Crippen molar-refractivity contribution in [3.63, 3.8) is 0 Å². The number of rotatable bonds is 20. The molecule has 0 heterocycles. The first-order chi connectivity index (χ1) is 31.3. The van der Waals surface area contributed by atoms with Gasteiger partial charge in [-0.1, -0.05) is 0 Å². The van der Waals surface area contributed by atoms with Crippen molar-refractivity contribution >= 4 is 0 Å². The van der Waals surface area contributed by atoms with Gasteiger partial charge in [0.1, 0.15) is 0 Å². The molecule has 452 valence electrons. The van der Waals surface area contributed by atoms with Crippen molar-refractivity contribution in [2.24, 2.45) is 0 Å². The van der Waals surface area contributed by atoms with Crippen LogP contribution in [-0.2, 0) is 18.9 Å². The molecule has 0 radical (unpaired) electrons. The summed E-state index contributed by atoms with van der Waals surface area (Å²) in [4.78, 5) is 0. The molecule has 3 atom stereocenters. The van der Waals surface area contributed by atoms with E-state index >= 15 is 26.3 Å². The maximum atomic E-state index is 15.2. The van der Waals surface area contributed by atoms with Gasteiger partial charge in [0.15, 0.2) is 0 Å². The summed E-state index contributed by atoms with van der Waals surface area (Å²) < 4.78 is 646. The quantitative estimate of drug-likeness (QED) is 0.123.